The van der Waals surface area contributed by atoms with Crippen molar-refractivity contribution in [1.82, 2.24) is 19.7 Å². The van der Waals surface area contributed by atoms with Crippen LogP contribution in [0.2, 0.25) is 0 Å². The van der Waals surface area contributed by atoms with E-state index in [2.05, 4.69) is 15.1 Å². The van der Waals surface area contributed by atoms with E-state index in [-0.39, 0.29) is 12.1 Å². The summed E-state index contributed by atoms with van der Waals surface area (Å²) in [5, 5.41) is 15.1. The minimum absolute atomic E-state index is 0.229. The summed E-state index contributed by atoms with van der Waals surface area (Å²) in [6.45, 7) is 2.79. The fourth-order valence-electron chi connectivity index (χ4n) is 2.96. The van der Waals surface area contributed by atoms with Crippen LogP contribution in [0, 0.1) is 0 Å². The van der Waals surface area contributed by atoms with Crippen molar-refractivity contribution in [2.75, 3.05) is 31.2 Å². The second kappa shape index (κ2) is 6.66. The summed E-state index contributed by atoms with van der Waals surface area (Å²) in [7, 11) is 0. The third kappa shape index (κ3) is 3.13. The molecule has 1 unspecified atom stereocenters. The SMILES string of the molecule is O=c1[nH]c(N2CCOCC2)nc2c1cnn2CC(O)c1ccccc1. The summed E-state index contributed by atoms with van der Waals surface area (Å²) in [4.78, 5) is 21.7. The Kier molecular flexibility index (Phi) is 4.21. The van der Waals surface area contributed by atoms with Crippen LogP contribution in [0.15, 0.2) is 41.3 Å². The van der Waals surface area contributed by atoms with Crippen molar-refractivity contribution in [3.63, 3.8) is 0 Å². The highest BCUT2D eigenvalue weighted by atomic mass is 16.5. The van der Waals surface area contributed by atoms with Crippen molar-refractivity contribution in [2.45, 2.75) is 12.6 Å². The molecule has 2 aromatic heterocycles. The predicted octanol–water partition coefficient (Wildman–Crippen LogP) is 0.690. The first-order valence-corrected chi connectivity index (χ1v) is 8.24. The Morgan fingerprint density at radius 3 is 2.76 bits per heavy atom. The van der Waals surface area contributed by atoms with E-state index in [1.54, 1.807) is 4.68 Å². The van der Waals surface area contributed by atoms with Gasteiger partial charge in [0.2, 0.25) is 5.95 Å². The van der Waals surface area contributed by atoms with Gasteiger partial charge in [-0.25, -0.2) is 4.68 Å². The number of ether oxygens (including phenoxy) is 1. The van der Waals surface area contributed by atoms with Gasteiger partial charge in [0.1, 0.15) is 5.39 Å². The van der Waals surface area contributed by atoms with Crippen molar-refractivity contribution in [3.05, 3.63) is 52.4 Å². The summed E-state index contributed by atoms with van der Waals surface area (Å²) >= 11 is 0. The van der Waals surface area contributed by atoms with Crippen LogP contribution in [0.25, 0.3) is 11.0 Å². The minimum atomic E-state index is -0.725. The monoisotopic (exact) mass is 341 g/mol. The van der Waals surface area contributed by atoms with E-state index >= 15 is 0 Å². The van der Waals surface area contributed by atoms with Crippen LogP contribution in [0.4, 0.5) is 5.95 Å². The quantitative estimate of drug-likeness (QED) is 0.725. The van der Waals surface area contributed by atoms with E-state index < -0.39 is 6.10 Å². The zero-order chi connectivity index (χ0) is 17.2. The van der Waals surface area contributed by atoms with Crippen LogP contribution in [0.3, 0.4) is 0 Å². The molecular formula is C17H19N5O3. The molecular weight excluding hydrogens is 322 g/mol. The van der Waals surface area contributed by atoms with Gasteiger partial charge in [-0.15, -0.1) is 0 Å². The molecule has 1 aliphatic heterocycles. The summed E-state index contributed by atoms with van der Waals surface area (Å²) in [5.74, 6) is 0.511. The molecule has 0 radical (unpaired) electrons. The second-order valence-electron chi connectivity index (χ2n) is 5.98. The Morgan fingerprint density at radius 2 is 2.00 bits per heavy atom. The van der Waals surface area contributed by atoms with Gasteiger partial charge in [-0.3, -0.25) is 9.78 Å². The van der Waals surface area contributed by atoms with Gasteiger partial charge in [-0.2, -0.15) is 10.1 Å². The van der Waals surface area contributed by atoms with Gasteiger partial charge in [0.05, 0.1) is 32.1 Å². The van der Waals surface area contributed by atoms with Gasteiger partial charge in [-0.05, 0) is 5.56 Å². The number of fused-ring (bicyclic) bond motifs is 1. The van der Waals surface area contributed by atoms with E-state index in [1.165, 1.54) is 6.20 Å². The summed E-state index contributed by atoms with van der Waals surface area (Å²) in [6.07, 6.45) is 0.763. The average molecular weight is 341 g/mol. The molecule has 1 aromatic carbocycles. The average Bonchev–Trinajstić information content (AvgIpc) is 3.06. The molecule has 0 amide bonds. The highest BCUT2D eigenvalue weighted by Crippen LogP contribution is 2.18. The number of hydrogen-bond donors (Lipinski definition) is 2. The van der Waals surface area contributed by atoms with E-state index in [0.29, 0.717) is 43.3 Å². The second-order valence-corrected chi connectivity index (χ2v) is 5.98. The number of H-pyrrole nitrogens is 1. The highest BCUT2D eigenvalue weighted by Gasteiger charge is 2.18. The van der Waals surface area contributed by atoms with Crippen LogP contribution < -0.4 is 10.5 Å². The van der Waals surface area contributed by atoms with Crippen molar-refractivity contribution >= 4 is 17.0 Å². The number of anilines is 1. The molecule has 0 saturated carbocycles. The maximum atomic E-state index is 12.3. The molecule has 1 saturated heterocycles. The first kappa shape index (κ1) is 15.8. The molecule has 1 aliphatic rings. The normalized spacial score (nSPS) is 16.3. The number of aromatic amines is 1. The third-order valence-corrected chi connectivity index (χ3v) is 4.33. The van der Waals surface area contributed by atoms with Crippen molar-refractivity contribution < 1.29 is 9.84 Å². The Labute approximate surface area is 143 Å². The van der Waals surface area contributed by atoms with Gasteiger partial charge in [0.25, 0.3) is 5.56 Å². The molecule has 130 valence electrons. The number of aromatic nitrogens is 4. The Morgan fingerprint density at radius 1 is 1.24 bits per heavy atom. The number of benzene rings is 1. The number of aliphatic hydroxyl groups excluding tert-OH is 1. The molecule has 1 fully saturated rings. The largest absolute Gasteiger partial charge is 0.386 e. The van der Waals surface area contributed by atoms with Crippen LogP contribution in [0.5, 0.6) is 0 Å². The van der Waals surface area contributed by atoms with Crippen LogP contribution in [-0.2, 0) is 11.3 Å². The number of nitrogens with one attached hydrogen (secondary N) is 1. The highest BCUT2D eigenvalue weighted by molar-refractivity contribution is 5.74. The van der Waals surface area contributed by atoms with Crippen LogP contribution in [0.1, 0.15) is 11.7 Å². The maximum absolute atomic E-state index is 12.3. The summed E-state index contributed by atoms with van der Waals surface area (Å²) in [5.41, 5.74) is 1.04. The molecule has 3 aromatic rings. The van der Waals surface area contributed by atoms with Gasteiger partial charge < -0.3 is 14.7 Å². The van der Waals surface area contributed by atoms with Crippen molar-refractivity contribution in [3.8, 4) is 0 Å². The summed E-state index contributed by atoms with van der Waals surface area (Å²) in [6, 6.07) is 9.36. The molecule has 2 N–H and O–H groups in total. The molecule has 1 atom stereocenters. The molecule has 3 heterocycles. The predicted molar refractivity (Wildman–Crippen MR) is 92.6 cm³/mol. The van der Waals surface area contributed by atoms with Gasteiger partial charge in [0.15, 0.2) is 5.65 Å². The first-order chi connectivity index (χ1) is 12.2. The number of rotatable bonds is 4. The van der Waals surface area contributed by atoms with E-state index in [1.807, 2.05) is 35.2 Å². The molecule has 25 heavy (non-hydrogen) atoms. The number of nitrogens with zero attached hydrogens (tertiary/aromatic N) is 4. The van der Waals surface area contributed by atoms with Gasteiger partial charge in [-0.1, -0.05) is 30.3 Å². The fourth-order valence-corrected chi connectivity index (χ4v) is 2.96. The number of morpholine rings is 1. The lowest BCUT2D eigenvalue weighted by Crippen LogP contribution is -2.38. The smallest absolute Gasteiger partial charge is 0.263 e. The van der Waals surface area contributed by atoms with E-state index in [0.717, 1.165) is 5.56 Å². The van der Waals surface area contributed by atoms with Gasteiger partial charge in [0, 0.05) is 13.1 Å². The van der Waals surface area contributed by atoms with Crippen LogP contribution >= 0.6 is 0 Å². The molecule has 0 spiro atoms. The Balaban J connectivity index is 1.67. The summed E-state index contributed by atoms with van der Waals surface area (Å²) < 4.78 is 6.91. The zero-order valence-corrected chi connectivity index (χ0v) is 13.6. The zero-order valence-electron chi connectivity index (χ0n) is 13.6. The van der Waals surface area contributed by atoms with E-state index in [9.17, 15) is 9.90 Å². The number of aliphatic hydroxyl groups is 1. The van der Waals surface area contributed by atoms with Gasteiger partial charge >= 0.3 is 0 Å². The topological polar surface area (TPSA) is 96.3 Å². The standard InChI is InChI=1S/C17H19N5O3/c23-14(12-4-2-1-3-5-12)11-22-15-13(10-18-22)16(24)20-17(19-15)21-6-8-25-9-7-21/h1-5,10,14,23H,6-9,11H2,(H,19,20,24). The lowest BCUT2D eigenvalue weighted by molar-refractivity contribution is 0.122. The lowest BCUT2D eigenvalue weighted by atomic mass is 10.1. The van der Waals surface area contributed by atoms with Crippen LogP contribution in [-0.4, -0.2) is 51.2 Å². The first-order valence-electron chi connectivity index (χ1n) is 8.24. The fraction of sp³-hybridized carbons (Fsp3) is 0.353. The Bertz CT molecular complexity index is 915. The molecule has 0 bridgehead atoms. The molecule has 8 nitrogen and oxygen atoms in total. The van der Waals surface area contributed by atoms with Crippen molar-refractivity contribution in [1.29, 1.82) is 0 Å². The Hall–Kier alpha value is -2.71. The lowest BCUT2D eigenvalue weighted by Gasteiger charge is -2.27. The van der Waals surface area contributed by atoms with Crippen molar-refractivity contribution in [2.24, 2.45) is 0 Å². The molecule has 0 aliphatic carbocycles. The third-order valence-electron chi connectivity index (χ3n) is 4.33. The maximum Gasteiger partial charge on any atom is 0.263 e. The minimum Gasteiger partial charge on any atom is -0.386 e. The number of hydrogen-bond acceptors (Lipinski definition) is 6. The van der Waals surface area contributed by atoms with E-state index in [4.69, 9.17) is 4.74 Å². The molecule has 4 rings (SSSR count). The molecule has 8 heteroatoms.